The summed E-state index contributed by atoms with van der Waals surface area (Å²) < 4.78 is 1.78. The molecule has 0 spiro atoms. The van der Waals surface area contributed by atoms with Crippen molar-refractivity contribution in [2.45, 2.75) is 63.7 Å². The summed E-state index contributed by atoms with van der Waals surface area (Å²) in [7, 11) is 3.71. The molecule has 3 rings (SSSR count). The quantitative estimate of drug-likeness (QED) is 0.373. The molecule has 2 N–H and O–H groups in total. The topological polar surface area (TPSA) is 106 Å². The van der Waals surface area contributed by atoms with E-state index in [2.05, 4.69) is 47.5 Å². The van der Waals surface area contributed by atoms with Crippen LogP contribution in [-0.4, -0.2) is 62.1 Å². The van der Waals surface area contributed by atoms with Crippen LogP contribution in [0.5, 0.6) is 0 Å². The van der Waals surface area contributed by atoms with E-state index in [0.29, 0.717) is 46.5 Å². The van der Waals surface area contributed by atoms with Crippen LogP contribution in [0.4, 0.5) is 11.9 Å². The molecule has 0 aliphatic heterocycles. The summed E-state index contributed by atoms with van der Waals surface area (Å²) in [4.78, 5) is 35.5. The van der Waals surface area contributed by atoms with Crippen LogP contribution in [0.1, 0.15) is 45.7 Å². The zero-order valence-electron chi connectivity index (χ0n) is 20.5. The molecular weight excluding hydrogens is 436 g/mol. The van der Waals surface area contributed by atoms with Gasteiger partial charge in [0.05, 0.1) is 16.2 Å². The van der Waals surface area contributed by atoms with Crippen molar-refractivity contribution in [3.8, 4) is 0 Å². The van der Waals surface area contributed by atoms with Gasteiger partial charge in [-0.1, -0.05) is 23.9 Å². The Labute approximate surface area is 199 Å². The third-order valence-electron chi connectivity index (χ3n) is 5.44. The Kier molecular flexibility index (Phi) is 7.91. The molecule has 1 aromatic carbocycles. The third kappa shape index (κ3) is 5.80. The van der Waals surface area contributed by atoms with Gasteiger partial charge in [-0.15, -0.1) is 0 Å². The van der Waals surface area contributed by atoms with Gasteiger partial charge in [0.2, 0.25) is 11.9 Å². The number of hydrogen-bond donors (Lipinski definition) is 1. The second-order valence-electron chi connectivity index (χ2n) is 8.80. The highest BCUT2D eigenvalue weighted by molar-refractivity contribution is 7.99. The number of rotatable bonds is 9. The zero-order valence-corrected chi connectivity index (χ0v) is 21.3. The fourth-order valence-corrected chi connectivity index (χ4v) is 4.73. The maximum atomic E-state index is 13.4. The van der Waals surface area contributed by atoms with Crippen LogP contribution in [0.3, 0.4) is 0 Å². The average Bonchev–Trinajstić information content (AvgIpc) is 2.74. The minimum Gasteiger partial charge on any atom is -0.368 e. The summed E-state index contributed by atoms with van der Waals surface area (Å²) in [6.45, 7) is 12.0. The number of para-hydroxylation sites is 1. The molecule has 0 radical (unpaired) electrons. The summed E-state index contributed by atoms with van der Waals surface area (Å²) in [6.07, 6.45) is 0. The van der Waals surface area contributed by atoms with E-state index >= 15 is 0 Å². The number of anilines is 2. The van der Waals surface area contributed by atoms with Crippen molar-refractivity contribution >= 4 is 34.6 Å². The normalized spacial score (nSPS) is 12.8. The molecule has 0 bridgehead atoms. The molecular formula is C23H34N8OS. The molecule has 0 saturated heterocycles. The van der Waals surface area contributed by atoms with Gasteiger partial charge >= 0.3 is 0 Å². The van der Waals surface area contributed by atoms with Gasteiger partial charge in [-0.05, 0) is 46.8 Å². The predicted molar refractivity (Wildman–Crippen MR) is 136 cm³/mol. The van der Waals surface area contributed by atoms with Gasteiger partial charge in [0.1, 0.15) is 5.82 Å². The molecule has 1 unspecified atom stereocenters. The summed E-state index contributed by atoms with van der Waals surface area (Å²) in [5.74, 6) is 1.22. The Hall–Kier alpha value is -2.72. The van der Waals surface area contributed by atoms with Crippen LogP contribution in [-0.2, 0) is 6.54 Å². The molecule has 3 aromatic rings. The van der Waals surface area contributed by atoms with Crippen LogP contribution >= 0.6 is 11.8 Å². The Morgan fingerprint density at radius 3 is 2.30 bits per heavy atom. The van der Waals surface area contributed by atoms with Crippen LogP contribution in [0, 0.1) is 0 Å². The molecule has 0 amide bonds. The van der Waals surface area contributed by atoms with Gasteiger partial charge < -0.3 is 10.6 Å². The molecule has 2 aromatic heterocycles. The van der Waals surface area contributed by atoms with Crippen LogP contribution in [0.25, 0.3) is 10.9 Å². The fraction of sp³-hybridized carbons (Fsp3) is 0.522. The number of nitrogens with zero attached hydrogens (tertiary/aromatic N) is 7. The second-order valence-corrected chi connectivity index (χ2v) is 10.1. The van der Waals surface area contributed by atoms with Gasteiger partial charge in [0.25, 0.3) is 5.56 Å². The monoisotopic (exact) mass is 470 g/mol. The van der Waals surface area contributed by atoms with Gasteiger partial charge in [0.15, 0.2) is 5.16 Å². The number of aromatic nitrogens is 5. The summed E-state index contributed by atoms with van der Waals surface area (Å²) in [6, 6.07) is 8.22. The zero-order chi connectivity index (χ0) is 24.3. The standard InChI is InChI=1S/C23H34N8OS/c1-14(2)30(15(3)4)12-13-31-20(32)17-10-8-9-11-18(17)25-23(31)33-16(5)19-26-21(24)28-22(27-19)29(6)7/h8-11,14-16H,12-13H2,1-7H3,(H2,24,26,27,28). The van der Waals surface area contributed by atoms with E-state index in [4.69, 9.17) is 10.7 Å². The summed E-state index contributed by atoms with van der Waals surface area (Å²) >= 11 is 1.46. The number of hydrogen-bond acceptors (Lipinski definition) is 9. The highest BCUT2D eigenvalue weighted by Gasteiger charge is 2.20. The van der Waals surface area contributed by atoms with Crippen LogP contribution in [0.15, 0.2) is 34.2 Å². The maximum Gasteiger partial charge on any atom is 0.262 e. The largest absolute Gasteiger partial charge is 0.368 e. The summed E-state index contributed by atoms with van der Waals surface area (Å²) in [5.41, 5.74) is 6.57. The van der Waals surface area contributed by atoms with Gasteiger partial charge in [-0.3, -0.25) is 14.3 Å². The molecule has 178 valence electrons. The van der Waals surface area contributed by atoms with E-state index in [9.17, 15) is 4.79 Å². The molecule has 2 heterocycles. The lowest BCUT2D eigenvalue weighted by molar-refractivity contribution is 0.166. The molecule has 9 nitrogen and oxygen atoms in total. The Morgan fingerprint density at radius 1 is 1.00 bits per heavy atom. The van der Waals surface area contributed by atoms with Crippen molar-refractivity contribution in [1.29, 1.82) is 0 Å². The number of nitrogen functional groups attached to an aromatic ring is 1. The van der Waals surface area contributed by atoms with Crippen LogP contribution < -0.4 is 16.2 Å². The molecule has 0 aliphatic carbocycles. The average molecular weight is 471 g/mol. The third-order valence-corrected chi connectivity index (χ3v) is 6.53. The SMILES string of the molecule is CC(Sc1nc2ccccc2c(=O)n1CCN(C(C)C)C(C)C)c1nc(N)nc(N(C)C)n1. The van der Waals surface area contributed by atoms with Crippen molar-refractivity contribution in [1.82, 2.24) is 29.4 Å². The van der Waals surface area contributed by atoms with E-state index in [1.165, 1.54) is 11.8 Å². The molecule has 0 saturated carbocycles. The lowest BCUT2D eigenvalue weighted by Gasteiger charge is -2.31. The predicted octanol–water partition coefficient (Wildman–Crippen LogP) is 3.20. The number of benzene rings is 1. The molecule has 0 aliphatic rings. The van der Waals surface area contributed by atoms with Crippen molar-refractivity contribution in [2.24, 2.45) is 0 Å². The first kappa shape index (κ1) is 24.9. The molecule has 1 atom stereocenters. The maximum absolute atomic E-state index is 13.4. The van der Waals surface area contributed by atoms with E-state index < -0.39 is 0 Å². The van der Waals surface area contributed by atoms with E-state index in [-0.39, 0.29) is 16.8 Å². The molecule has 33 heavy (non-hydrogen) atoms. The van der Waals surface area contributed by atoms with E-state index in [1.54, 1.807) is 9.47 Å². The molecule has 0 fully saturated rings. The fourth-order valence-electron chi connectivity index (χ4n) is 3.75. The highest BCUT2D eigenvalue weighted by Crippen LogP contribution is 2.33. The lowest BCUT2D eigenvalue weighted by atomic mass is 10.2. The smallest absolute Gasteiger partial charge is 0.262 e. The first-order valence-electron chi connectivity index (χ1n) is 11.2. The van der Waals surface area contributed by atoms with Crippen molar-refractivity contribution in [3.63, 3.8) is 0 Å². The van der Waals surface area contributed by atoms with Crippen molar-refractivity contribution < 1.29 is 0 Å². The minimum absolute atomic E-state index is 0.0353. The highest BCUT2D eigenvalue weighted by atomic mass is 32.2. The Morgan fingerprint density at radius 2 is 1.67 bits per heavy atom. The van der Waals surface area contributed by atoms with Crippen molar-refractivity contribution in [3.05, 3.63) is 40.4 Å². The Bertz CT molecular complexity index is 1150. The van der Waals surface area contributed by atoms with E-state index in [0.717, 1.165) is 6.54 Å². The van der Waals surface area contributed by atoms with Gasteiger partial charge in [-0.25, -0.2) is 4.98 Å². The van der Waals surface area contributed by atoms with E-state index in [1.807, 2.05) is 45.3 Å². The van der Waals surface area contributed by atoms with Crippen LogP contribution in [0.2, 0.25) is 0 Å². The molecule has 10 heteroatoms. The number of fused-ring (bicyclic) bond motifs is 1. The first-order valence-corrected chi connectivity index (χ1v) is 12.1. The first-order chi connectivity index (χ1) is 15.6. The minimum atomic E-state index is -0.181. The van der Waals surface area contributed by atoms with Crippen molar-refractivity contribution in [2.75, 3.05) is 31.3 Å². The second kappa shape index (κ2) is 10.5. The van der Waals surface area contributed by atoms with Gasteiger partial charge in [-0.2, -0.15) is 15.0 Å². The lowest BCUT2D eigenvalue weighted by Crippen LogP contribution is -2.40. The number of nitrogens with two attached hydrogens (primary N) is 1. The Balaban J connectivity index is 2.00. The summed E-state index contributed by atoms with van der Waals surface area (Å²) in [5, 5.41) is 1.08. The van der Waals surface area contributed by atoms with Gasteiger partial charge in [0, 0.05) is 39.3 Å². The number of thioether (sulfide) groups is 1.